The zero-order chi connectivity index (χ0) is 11.5. The molecule has 0 atom stereocenters. The number of hydrogen-bond donors (Lipinski definition) is 1. The number of piperidine rings is 1. The van der Waals surface area contributed by atoms with Gasteiger partial charge >= 0.3 is 6.09 Å². The Morgan fingerprint density at radius 1 is 1.27 bits per heavy atom. The SMILES string of the molecule is [CH2]N[N+]1(C(=O)OC(C)(C)C)CCCCC1. The predicted molar refractivity (Wildman–Crippen MR) is 58.6 cm³/mol. The Bertz CT molecular complexity index is 227. The minimum Gasteiger partial charge on any atom is -0.413 e. The van der Waals surface area contributed by atoms with E-state index in [0.29, 0.717) is 0 Å². The average Bonchev–Trinajstić information content (AvgIpc) is 2.16. The van der Waals surface area contributed by atoms with Crippen LogP contribution < -0.4 is 5.43 Å². The number of quaternary nitrogens is 1. The summed E-state index contributed by atoms with van der Waals surface area (Å²) in [6.45, 7) is 7.20. The number of hydrogen-bond acceptors (Lipinski definition) is 3. The van der Waals surface area contributed by atoms with E-state index in [2.05, 4.69) is 12.5 Å². The second kappa shape index (κ2) is 4.49. The van der Waals surface area contributed by atoms with Gasteiger partial charge in [-0.2, -0.15) is 10.2 Å². The van der Waals surface area contributed by atoms with Gasteiger partial charge in [0.15, 0.2) is 0 Å². The van der Waals surface area contributed by atoms with Gasteiger partial charge in [0.1, 0.15) is 18.7 Å². The molecular weight excluding hydrogens is 192 g/mol. The lowest BCUT2D eigenvalue weighted by Gasteiger charge is -2.37. The van der Waals surface area contributed by atoms with E-state index in [1.807, 2.05) is 20.8 Å². The molecule has 1 amide bonds. The second-order valence-corrected chi connectivity index (χ2v) is 5.11. The van der Waals surface area contributed by atoms with Gasteiger partial charge in [-0.25, -0.2) is 0 Å². The van der Waals surface area contributed by atoms with Crippen LogP contribution in [0.3, 0.4) is 0 Å². The monoisotopic (exact) mass is 214 g/mol. The number of carbonyl (C=O) groups excluding carboxylic acids is 1. The van der Waals surface area contributed by atoms with E-state index in [1.165, 1.54) is 6.42 Å². The van der Waals surface area contributed by atoms with Crippen LogP contribution in [0, 0.1) is 7.05 Å². The van der Waals surface area contributed by atoms with Crippen LogP contribution >= 0.6 is 0 Å². The van der Waals surface area contributed by atoms with Crippen molar-refractivity contribution in [2.75, 3.05) is 13.1 Å². The molecule has 0 unspecified atom stereocenters. The van der Waals surface area contributed by atoms with E-state index in [9.17, 15) is 4.79 Å². The molecule has 0 spiro atoms. The first kappa shape index (κ1) is 12.5. The highest BCUT2D eigenvalue weighted by atomic mass is 16.6. The lowest BCUT2D eigenvalue weighted by Crippen LogP contribution is -2.63. The molecule has 1 rings (SSSR count). The van der Waals surface area contributed by atoms with Crippen LogP contribution in [0.15, 0.2) is 0 Å². The summed E-state index contributed by atoms with van der Waals surface area (Å²) in [4.78, 5) is 12.0. The summed E-state index contributed by atoms with van der Waals surface area (Å²) in [6.07, 6.45) is 3.06. The lowest BCUT2D eigenvalue weighted by molar-refractivity contribution is -0.901. The van der Waals surface area contributed by atoms with Gasteiger partial charge in [-0.05, 0) is 40.0 Å². The lowest BCUT2D eigenvalue weighted by atomic mass is 10.1. The van der Waals surface area contributed by atoms with Crippen molar-refractivity contribution in [2.45, 2.75) is 45.6 Å². The fourth-order valence-corrected chi connectivity index (χ4v) is 1.81. The van der Waals surface area contributed by atoms with Crippen molar-refractivity contribution < 1.29 is 14.1 Å². The van der Waals surface area contributed by atoms with Crippen molar-refractivity contribution in [3.8, 4) is 0 Å². The maximum Gasteiger partial charge on any atom is 0.536 e. The largest absolute Gasteiger partial charge is 0.536 e. The standard InChI is InChI=1S/C11H22N2O2/c1-11(2,3)15-10(14)13(12-4)8-6-5-7-9-13/h12H,4-9H2,1-3H3/q+1. The predicted octanol–water partition coefficient (Wildman–Crippen LogP) is 2.22. The van der Waals surface area contributed by atoms with Crippen molar-refractivity contribution >= 4 is 6.09 Å². The van der Waals surface area contributed by atoms with Gasteiger partial charge in [0.05, 0.1) is 7.05 Å². The third kappa shape index (κ3) is 3.18. The summed E-state index contributed by atoms with van der Waals surface area (Å²) in [5.74, 6) is 0. The van der Waals surface area contributed by atoms with Crippen molar-refractivity contribution in [3.63, 3.8) is 0 Å². The first-order valence-electron chi connectivity index (χ1n) is 5.55. The summed E-state index contributed by atoms with van der Waals surface area (Å²) < 4.78 is 5.57. The molecule has 0 saturated carbocycles. The van der Waals surface area contributed by atoms with Crippen molar-refractivity contribution in [2.24, 2.45) is 0 Å². The summed E-state index contributed by atoms with van der Waals surface area (Å²) in [6, 6.07) is 0. The molecule has 87 valence electrons. The molecule has 0 aromatic heterocycles. The minimum absolute atomic E-state index is 0.164. The molecule has 15 heavy (non-hydrogen) atoms. The molecule has 0 aromatic rings. The van der Waals surface area contributed by atoms with Crippen molar-refractivity contribution in [1.29, 1.82) is 0 Å². The summed E-state index contributed by atoms with van der Waals surface area (Å²) in [5, 5.41) is 0. The van der Waals surface area contributed by atoms with Crippen molar-refractivity contribution in [1.82, 2.24) is 5.43 Å². The number of ether oxygens (including phenoxy) is 1. The zero-order valence-electron chi connectivity index (χ0n) is 10.0. The minimum atomic E-state index is -0.434. The number of likely N-dealkylation sites (tertiary alicyclic amines) is 1. The van der Waals surface area contributed by atoms with Gasteiger partial charge in [0.2, 0.25) is 0 Å². The molecule has 1 fully saturated rings. The Morgan fingerprint density at radius 3 is 2.20 bits per heavy atom. The van der Waals surface area contributed by atoms with Gasteiger partial charge in [-0.3, -0.25) is 0 Å². The molecule has 1 radical (unpaired) electrons. The molecule has 1 aliphatic rings. The van der Waals surface area contributed by atoms with Crippen LogP contribution in [0.5, 0.6) is 0 Å². The van der Waals surface area contributed by atoms with Gasteiger partial charge in [0, 0.05) is 0 Å². The van der Waals surface area contributed by atoms with E-state index >= 15 is 0 Å². The number of nitrogens with zero attached hydrogens (tertiary/aromatic N) is 1. The number of nitrogens with one attached hydrogen (secondary N) is 1. The van der Waals surface area contributed by atoms with Crippen LogP contribution in [0.2, 0.25) is 0 Å². The number of carbonyl (C=O) groups is 1. The van der Waals surface area contributed by atoms with Crippen molar-refractivity contribution in [3.05, 3.63) is 7.05 Å². The molecule has 1 heterocycles. The Labute approximate surface area is 92.1 Å². The third-order valence-corrected chi connectivity index (χ3v) is 2.63. The quantitative estimate of drug-likeness (QED) is 0.680. The number of rotatable bonds is 1. The molecule has 4 nitrogen and oxygen atoms in total. The Kier molecular flexibility index (Phi) is 3.73. The first-order chi connectivity index (χ1) is 6.90. The molecule has 0 aliphatic carbocycles. The molecule has 1 aliphatic heterocycles. The smallest absolute Gasteiger partial charge is 0.413 e. The molecule has 1 N–H and O–H groups in total. The molecule has 1 saturated heterocycles. The normalized spacial score (nSPS) is 21.1. The maximum absolute atomic E-state index is 12.0. The first-order valence-corrected chi connectivity index (χ1v) is 5.55. The fraction of sp³-hybridized carbons (Fsp3) is 0.818. The highest BCUT2D eigenvalue weighted by molar-refractivity contribution is 5.60. The van der Waals surface area contributed by atoms with E-state index in [4.69, 9.17) is 4.74 Å². The van der Waals surface area contributed by atoms with Crippen LogP contribution in [-0.4, -0.2) is 29.4 Å². The van der Waals surface area contributed by atoms with Gasteiger partial charge < -0.3 is 4.74 Å². The fourth-order valence-electron chi connectivity index (χ4n) is 1.81. The topological polar surface area (TPSA) is 38.3 Å². The molecular formula is C11H22N2O2+. The molecule has 0 bridgehead atoms. The average molecular weight is 214 g/mol. The zero-order valence-corrected chi connectivity index (χ0v) is 10.0. The van der Waals surface area contributed by atoms with Gasteiger partial charge in [-0.15, -0.1) is 4.59 Å². The highest BCUT2D eigenvalue weighted by Crippen LogP contribution is 2.20. The van der Waals surface area contributed by atoms with E-state index < -0.39 is 5.60 Å². The summed E-state index contributed by atoms with van der Waals surface area (Å²) >= 11 is 0. The van der Waals surface area contributed by atoms with Crippen LogP contribution in [-0.2, 0) is 4.74 Å². The maximum atomic E-state index is 12.0. The van der Waals surface area contributed by atoms with E-state index in [0.717, 1.165) is 25.9 Å². The second-order valence-electron chi connectivity index (χ2n) is 5.11. The van der Waals surface area contributed by atoms with Crippen LogP contribution in [0.25, 0.3) is 0 Å². The highest BCUT2D eigenvalue weighted by Gasteiger charge is 2.41. The molecule has 0 aromatic carbocycles. The van der Waals surface area contributed by atoms with Crippen LogP contribution in [0.4, 0.5) is 4.79 Å². The Hall–Kier alpha value is -0.610. The van der Waals surface area contributed by atoms with E-state index in [1.54, 1.807) is 0 Å². The third-order valence-electron chi connectivity index (χ3n) is 2.63. The molecule has 4 heteroatoms. The van der Waals surface area contributed by atoms with E-state index in [-0.39, 0.29) is 10.7 Å². The van der Waals surface area contributed by atoms with Gasteiger partial charge in [0.25, 0.3) is 0 Å². The Morgan fingerprint density at radius 2 is 1.80 bits per heavy atom. The Balaban J connectivity index is 2.68. The van der Waals surface area contributed by atoms with Gasteiger partial charge in [-0.1, -0.05) is 0 Å². The number of amides is 1. The van der Waals surface area contributed by atoms with Crippen LogP contribution in [0.1, 0.15) is 40.0 Å². The summed E-state index contributed by atoms with van der Waals surface area (Å²) in [7, 11) is 3.65. The summed E-state index contributed by atoms with van der Waals surface area (Å²) in [5.41, 5.74) is 2.42.